The Hall–Kier alpha value is -2.17. The van der Waals surface area contributed by atoms with Crippen molar-refractivity contribution in [2.45, 2.75) is 38.6 Å². The fourth-order valence-corrected chi connectivity index (χ4v) is 3.15. The van der Waals surface area contributed by atoms with Gasteiger partial charge < -0.3 is 4.90 Å². The van der Waals surface area contributed by atoms with Crippen molar-refractivity contribution in [1.82, 2.24) is 9.80 Å². The summed E-state index contributed by atoms with van der Waals surface area (Å²) in [4.78, 5) is 38.6. The van der Waals surface area contributed by atoms with E-state index in [1.807, 2.05) is 17.0 Å². The highest BCUT2D eigenvalue weighted by Crippen LogP contribution is 2.19. The fourth-order valence-electron chi connectivity index (χ4n) is 3.15. The predicted octanol–water partition coefficient (Wildman–Crippen LogP) is 1.50. The number of rotatable bonds is 3. The maximum absolute atomic E-state index is 12.4. The Kier molecular flexibility index (Phi) is 4.22. The highest BCUT2D eigenvalue weighted by atomic mass is 16.2. The van der Waals surface area contributed by atoms with Crippen LogP contribution in [0.15, 0.2) is 24.3 Å². The maximum atomic E-state index is 12.4. The molecule has 3 amide bonds. The second-order valence-corrected chi connectivity index (χ2v) is 5.88. The molecule has 0 aliphatic carbocycles. The zero-order valence-electron chi connectivity index (χ0n) is 12.6. The second kappa shape index (κ2) is 6.30. The van der Waals surface area contributed by atoms with Gasteiger partial charge in [0.15, 0.2) is 0 Å². The van der Waals surface area contributed by atoms with E-state index < -0.39 is 0 Å². The van der Waals surface area contributed by atoms with Crippen LogP contribution in [0.4, 0.5) is 0 Å². The zero-order chi connectivity index (χ0) is 15.5. The molecule has 1 aromatic carbocycles. The van der Waals surface area contributed by atoms with Crippen LogP contribution in [0.25, 0.3) is 0 Å². The van der Waals surface area contributed by atoms with E-state index in [0.29, 0.717) is 6.54 Å². The molecule has 0 saturated carbocycles. The highest BCUT2D eigenvalue weighted by molar-refractivity contribution is 6.02. The van der Waals surface area contributed by atoms with E-state index >= 15 is 0 Å². The zero-order valence-corrected chi connectivity index (χ0v) is 12.6. The lowest BCUT2D eigenvalue weighted by atomic mass is 10.0. The van der Waals surface area contributed by atoms with E-state index in [9.17, 15) is 14.4 Å². The lowest BCUT2D eigenvalue weighted by Gasteiger charge is -2.22. The number of hydrogen-bond acceptors (Lipinski definition) is 3. The summed E-state index contributed by atoms with van der Waals surface area (Å²) in [5.41, 5.74) is 2.50. The first-order valence-corrected chi connectivity index (χ1v) is 7.83. The number of carbonyl (C=O) groups is 3. The molecule has 116 valence electrons. The topological polar surface area (TPSA) is 57.7 Å². The van der Waals surface area contributed by atoms with Crippen LogP contribution in [0.5, 0.6) is 0 Å². The van der Waals surface area contributed by atoms with Crippen LogP contribution in [-0.4, -0.2) is 40.6 Å². The molecule has 0 spiro atoms. The third-order valence-corrected chi connectivity index (χ3v) is 4.41. The molecule has 5 nitrogen and oxygen atoms in total. The van der Waals surface area contributed by atoms with Gasteiger partial charge in [-0.15, -0.1) is 0 Å². The summed E-state index contributed by atoms with van der Waals surface area (Å²) in [5, 5.41) is 0. The van der Waals surface area contributed by atoms with Crippen LogP contribution >= 0.6 is 0 Å². The lowest BCUT2D eigenvalue weighted by Crippen LogP contribution is -2.36. The summed E-state index contributed by atoms with van der Waals surface area (Å²) >= 11 is 0. The molecule has 1 aromatic rings. The van der Waals surface area contributed by atoms with Gasteiger partial charge in [-0.25, -0.2) is 0 Å². The Morgan fingerprint density at radius 1 is 1.00 bits per heavy atom. The number of carbonyl (C=O) groups excluding carboxylic acids is 3. The number of benzene rings is 1. The fraction of sp³-hybridized carbons (Fsp3) is 0.471. The number of hydrogen-bond donors (Lipinski definition) is 0. The lowest BCUT2D eigenvalue weighted by molar-refractivity contribution is -0.139. The average Bonchev–Trinajstić information content (AvgIpc) is 2.74. The largest absolute Gasteiger partial charge is 0.338 e. The molecule has 0 aromatic heterocycles. The summed E-state index contributed by atoms with van der Waals surface area (Å²) in [7, 11) is 0. The standard InChI is InChI=1S/C17H20N2O3/c20-15(9-11-19-16(21)7-8-17(19)22)18-10-3-6-13-4-1-2-5-14(13)12-18/h1-2,4-5H,3,6-12H2. The van der Waals surface area contributed by atoms with Gasteiger partial charge >= 0.3 is 0 Å². The van der Waals surface area contributed by atoms with Crippen LogP contribution in [-0.2, 0) is 27.3 Å². The van der Waals surface area contributed by atoms with Crippen molar-refractivity contribution >= 4 is 17.7 Å². The van der Waals surface area contributed by atoms with Crippen molar-refractivity contribution < 1.29 is 14.4 Å². The second-order valence-electron chi connectivity index (χ2n) is 5.88. The van der Waals surface area contributed by atoms with E-state index in [4.69, 9.17) is 0 Å². The van der Waals surface area contributed by atoms with Crippen LogP contribution in [0, 0.1) is 0 Å². The van der Waals surface area contributed by atoms with E-state index in [-0.39, 0.29) is 43.5 Å². The Bertz CT molecular complexity index is 596. The van der Waals surface area contributed by atoms with Gasteiger partial charge in [-0.2, -0.15) is 0 Å². The molecule has 0 atom stereocenters. The van der Waals surface area contributed by atoms with Gasteiger partial charge in [0.05, 0.1) is 0 Å². The van der Waals surface area contributed by atoms with E-state index in [1.165, 1.54) is 16.0 Å². The molecule has 2 aliphatic rings. The molecule has 0 N–H and O–H groups in total. The Labute approximate surface area is 129 Å². The summed E-state index contributed by atoms with van der Waals surface area (Å²) in [6, 6.07) is 8.20. The summed E-state index contributed by atoms with van der Waals surface area (Å²) in [6.45, 7) is 1.57. The van der Waals surface area contributed by atoms with Crippen molar-refractivity contribution in [3.8, 4) is 0 Å². The average molecular weight is 300 g/mol. The Morgan fingerprint density at radius 3 is 2.41 bits per heavy atom. The van der Waals surface area contributed by atoms with Crippen LogP contribution in [0.1, 0.15) is 36.8 Å². The molecule has 0 radical (unpaired) electrons. The Morgan fingerprint density at radius 2 is 1.68 bits per heavy atom. The molecule has 0 bridgehead atoms. The summed E-state index contributed by atoms with van der Waals surface area (Å²) in [5.74, 6) is -0.290. The number of fused-ring (bicyclic) bond motifs is 1. The van der Waals surface area contributed by atoms with Crippen molar-refractivity contribution in [3.05, 3.63) is 35.4 Å². The van der Waals surface area contributed by atoms with Gasteiger partial charge in [0, 0.05) is 38.9 Å². The number of likely N-dealkylation sites (tertiary alicyclic amines) is 1. The molecule has 2 heterocycles. The van der Waals surface area contributed by atoms with E-state index in [0.717, 1.165) is 19.4 Å². The number of imide groups is 1. The van der Waals surface area contributed by atoms with Gasteiger partial charge in [0.2, 0.25) is 17.7 Å². The molecule has 2 aliphatic heterocycles. The van der Waals surface area contributed by atoms with Crippen molar-refractivity contribution in [1.29, 1.82) is 0 Å². The third kappa shape index (κ3) is 3.03. The minimum absolute atomic E-state index is 0.0178. The number of aryl methyl sites for hydroxylation is 1. The number of amides is 3. The summed E-state index contributed by atoms with van der Waals surface area (Å²) in [6.07, 6.45) is 2.72. The minimum Gasteiger partial charge on any atom is -0.338 e. The minimum atomic E-state index is -0.154. The predicted molar refractivity (Wildman–Crippen MR) is 80.8 cm³/mol. The van der Waals surface area contributed by atoms with Gasteiger partial charge in [0.25, 0.3) is 0 Å². The van der Waals surface area contributed by atoms with Gasteiger partial charge in [-0.3, -0.25) is 19.3 Å². The molecule has 3 rings (SSSR count). The molecule has 5 heteroatoms. The molecular weight excluding hydrogens is 280 g/mol. The van der Waals surface area contributed by atoms with E-state index in [2.05, 4.69) is 12.1 Å². The van der Waals surface area contributed by atoms with Gasteiger partial charge in [-0.05, 0) is 24.0 Å². The van der Waals surface area contributed by atoms with Crippen molar-refractivity contribution in [2.24, 2.45) is 0 Å². The quantitative estimate of drug-likeness (QED) is 0.795. The summed E-state index contributed by atoms with van der Waals surface area (Å²) < 4.78 is 0. The number of nitrogens with zero attached hydrogens (tertiary/aromatic N) is 2. The first-order valence-electron chi connectivity index (χ1n) is 7.83. The van der Waals surface area contributed by atoms with Crippen LogP contribution < -0.4 is 0 Å². The van der Waals surface area contributed by atoms with Crippen molar-refractivity contribution in [2.75, 3.05) is 13.1 Å². The normalized spacial score (nSPS) is 18.4. The third-order valence-electron chi connectivity index (χ3n) is 4.41. The molecule has 22 heavy (non-hydrogen) atoms. The Balaban J connectivity index is 1.61. The van der Waals surface area contributed by atoms with Crippen LogP contribution in [0.2, 0.25) is 0 Å². The van der Waals surface area contributed by atoms with Gasteiger partial charge in [-0.1, -0.05) is 24.3 Å². The maximum Gasteiger partial charge on any atom is 0.229 e. The SMILES string of the molecule is O=C(CCN1C(=O)CCC1=O)N1CCCc2ccccc2C1. The molecular formula is C17H20N2O3. The van der Waals surface area contributed by atoms with E-state index in [1.54, 1.807) is 0 Å². The molecule has 1 fully saturated rings. The van der Waals surface area contributed by atoms with Crippen molar-refractivity contribution in [3.63, 3.8) is 0 Å². The molecule has 1 saturated heterocycles. The first-order chi connectivity index (χ1) is 10.6. The molecule has 0 unspecified atom stereocenters. The smallest absolute Gasteiger partial charge is 0.229 e. The highest BCUT2D eigenvalue weighted by Gasteiger charge is 2.29. The first kappa shape index (κ1) is 14.8. The van der Waals surface area contributed by atoms with Crippen LogP contribution in [0.3, 0.4) is 0 Å². The van der Waals surface area contributed by atoms with Gasteiger partial charge in [0.1, 0.15) is 0 Å². The monoisotopic (exact) mass is 300 g/mol.